The molecule has 11 rings (SSSR count). The average molecular weight is 831 g/mol. The van der Waals surface area contributed by atoms with Crippen molar-refractivity contribution < 1.29 is 0 Å². The first-order chi connectivity index (χ1) is 31.0. The Morgan fingerprint density at radius 3 is 1.28 bits per heavy atom. The van der Waals surface area contributed by atoms with Gasteiger partial charge >= 0.3 is 0 Å². The topological polar surface area (TPSA) is 87.2 Å². The van der Waals surface area contributed by atoms with E-state index >= 15 is 0 Å². The Morgan fingerprint density at radius 1 is 0.359 bits per heavy atom. The fourth-order valence-electron chi connectivity index (χ4n) is 10.2. The molecule has 0 atom stereocenters. The van der Waals surface area contributed by atoms with Gasteiger partial charge in [0.15, 0.2) is 23.3 Å². The van der Waals surface area contributed by atoms with Crippen LogP contribution in [-0.2, 0) is 0 Å². The van der Waals surface area contributed by atoms with E-state index in [1.54, 1.807) is 12.7 Å². The quantitative estimate of drug-likeness (QED) is 0.166. The maximum absolute atomic E-state index is 5.03. The van der Waals surface area contributed by atoms with Crippen LogP contribution >= 0.6 is 0 Å². The maximum atomic E-state index is 5.03. The monoisotopic (exact) mass is 830 g/mol. The minimum atomic E-state index is 0.673. The van der Waals surface area contributed by atoms with Crippen LogP contribution in [0.5, 0.6) is 0 Å². The average Bonchev–Trinajstić information content (AvgIpc) is 3.78. The van der Waals surface area contributed by atoms with E-state index in [9.17, 15) is 0 Å². The fourth-order valence-corrected chi connectivity index (χ4v) is 10.2. The summed E-state index contributed by atoms with van der Waals surface area (Å²) in [6, 6.07) is 44.1. The smallest absolute Gasteiger partial charge is 0.163 e. The highest BCUT2D eigenvalue weighted by atomic mass is 15.0. The molecule has 0 amide bonds. The highest BCUT2D eigenvalue weighted by Crippen LogP contribution is 2.43. The Morgan fingerprint density at radius 2 is 0.781 bits per heavy atom. The van der Waals surface area contributed by atoms with Crippen LogP contribution in [0.4, 0.5) is 0 Å². The summed E-state index contributed by atoms with van der Waals surface area (Å²) in [4.78, 5) is 28.6. The lowest BCUT2D eigenvalue weighted by Crippen LogP contribution is -2.02. The van der Waals surface area contributed by atoms with Gasteiger partial charge in [0.2, 0.25) is 0 Å². The molecule has 0 bridgehead atoms. The second-order valence-electron chi connectivity index (χ2n) is 17.5. The molecule has 0 aliphatic heterocycles. The van der Waals surface area contributed by atoms with E-state index in [2.05, 4.69) is 196 Å². The van der Waals surface area contributed by atoms with Crippen LogP contribution in [0.15, 0.2) is 134 Å². The summed E-state index contributed by atoms with van der Waals surface area (Å²) < 4.78 is 4.87. The molecule has 0 aliphatic rings. The van der Waals surface area contributed by atoms with E-state index in [1.807, 2.05) is 0 Å². The van der Waals surface area contributed by atoms with E-state index in [0.717, 1.165) is 72.4 Å². The summed E-state index contributed by atoms with van der Waals surface area (Å²) in [5, 5.41) is 4.81. The SMILES string of the molecule is Cc1cc(C)cc(-c2ncnc(-c3c(C)cc(-n4c5ccccc5c5c4ccc4c6ccccc6n(-c6cc(C)c(-c7ncnc(-c8cc(C)cc(C)c8)n7)c(C)c6)c45)cc3C)n2)c1. The third-order valence-corrected chi connectivity index (χ3v) is 12.6. The van der Waals surface area contributed by atoms with Gasteiger partial charge in [0.25, 0.3) is 0 Å². The summed E-state index contributed by atoms with van der Waals surface area (Å²) in [7, 11) is 0. The van der Waals surface area contributed by atoms with E-state index in [-0.39, 0.29) is 0 Å². The van der Waals surface area contributed by atoms with Crippen LogP contribution in [0.1, 0.15) is 44.5 Å². The largest absolute Gasteiger partial charge is 0.309 e. The minimum Gasteiger partial charge on any atom is -0.309 e. The molecule has 310 valence electrons. The first-order valence-electron chi connectivity index (χ1n) is 21.8. The van der Waals surface area contributed by atoms with Gasteiger partial charge in [0, 0.05) is 55.2 Å². The summed E-state index contributed by atoms with van der Waals surface area (Å²) in [5.74, 6) is 2.70. The van der Waals surface area contributed by atoms with Gasteiger partial charge in [-0.2, -0.15) is 0 Å². The molecule has 11 aromatic rings. The number of rotatable bonds is 6. The van der Waals surface area contributed by atoms with Gasteiger partial charge in [-0.25, -0.2) is 29.9 Å². The molecule has 0 saturated carbocycles. The molecule has 0 spiro atoms. The first kappa shape index (κ1) is 39.0. The van der Waals surface area contributed by atoms with Crippen LogP contribution in [0.2, 0.25) is 0 Å². The van der Waals surface area contributed by atoms with Crippen LogP contribution in [0.25, 0.3) is 101 Å². The third-order valence-electron chi connectivity index (χ3n) is 12.6. The number of fused-ring (bicyclic) bond motifs is 7. The summed E-state index contributed by atoms with van der Waals surface area (Å²) in [6.07, 6.45) is 3.26. The van der Waals surface area contributed by atoms with Crippen molar-refractivity contribution in [2.45, 2.75) is 55.4 Å². The van der Waals surface area contributed by atoms with Crippen LogP contribution in [0.3, 0.4) is 0 Å². The highest BCUT2D eigenvalue weighted by Gasteiger charge is 2.23. The molecule has 4 heterocycles. The van der Waals surface area contributed by atoms with Crippen molar-refractivity contribution in [2.75, 3.05) is 0 Å². The van der Waals surface area contributed by atoms with Crippen LogP contribution in [0, 0.1) is 55.4 Å². The summed E-state index contributed by atoms with van der Waals surface area (Å²) in [5.41, 5.74) is 19.9. The van der Waals surface area contributed by atoms with E-state index in [1.165, 1.54) is 49.3 Å². The number of hydrogen-bond acceptors (Lipinski definition) is 6. The lowest BCUT2D eigenvalue weighted by molar-refractivity contribution is 1.05. The molecule has 0 aliphatic carbocycles. The molecule has 0 saturated heterocycles. The number of aromatic nitrogens is 8. The molecule has 0 N–H and O–H groups in total. The first-order valence-corrected chi connectivity index (χ1v) is 21.8. The van der Waals surface area contributed by atoms with Crippen molar-refractivity contribution >= 4 is 43.6 Å². The fraction of sp³-hybridized carbons (Fsp3) is 0.143. The highest BCUT2D eigenvalue weighted by molar-refractivity contribution is 6.26. The molecular weight excluding hydrogens is 785 g/mol. The summed E-state index contributed by atoms with van der Waals surface area (Å²) in [6.45, 7) is 17.1. The Bertz CT molecular complexity index is 3630. The predicted octanol–water partition coefficient (Wildman–Crippen LogP) is 13.4. The number of nitrogens with zero attached hydrogens (tertiary/aromatic N) is 8. The minimum absolute atomic E-state index is 0.673. The van der Waals surface area contributed by atoms with Gasteiger partial charge in [-0.15, -0.1) is 0 Å². The van der Waals surface area contributed by atoms with Crippen molar-refractivity contribution in [1.29, 1.82) is 0 Å². The molecular formula is C56H46N8. The third kappa shape index (κ3) is 6.36. The van der Waals surface area contributed by atoms with Gasteiger partial charge in [0.05, 0.1) is 22.1 Å². The maximum Gasteiger partial charge on any atom is 0.163 e. The number of hydrogen-bond donors (Lipinski definition) is 0. The molecule has 0 fully saturated rings. The van der Waals surface area contributed by atoms with Crippen molar-refractivity contribution in [3.8, 4) is 56.9 Å². The zero-order valence-electron chi connectivity index (χ0n) is 37.3. The Kier molecular flexibility index (Phi) is 9.10. The lowest BCUT2D eigenvalue weighted by Gasteiger charge is -2.16. The second-order valence-corrected chi connectivity index (χ2v) is 17.5. The Balaban J connectivity index is 1.09. The molecule has 4 aromatic heterocycles. The Hall–Kier alpha value is -7.84. The molecule has 0 radical (unpaired) electrons. The van der Waals surface area contributed by atoms with Crippen LogP contribution < -0.4 is 0 Å². The van der Waals surface area contributed by atoms with E-state index < -0.39 is 0 Å². The lowest BCUT2D eigenvalue weighted by atomic mass is 10.0. The molecule has 8 nitrogen and oxygen atoms in total. The molecule has 7 aromatic carbocycles. The Labute approximate surface area is 372 Å². The predicted molar refractivity (Wildman–Crippen MR) is 262 cm³/mol. The number of benzene rings is 7. The number of para-hydroxylation sites is 2. The van der Waals surface area contributed by atoms with E-state index in [0.29, 0.717) is 23.3 Å². The van der Waals surface area contributed by atoms with Gasteiger partial charge in [-0.05, 0) is 144 Å². The molecule has 8 heteroatoms. The second kappa shape index (κ2) is 14.9. The zero-order valence-corrected chi connectivity index (χ0v) is 37.3. The zero-order chi connectivity index (χ0) is 44.0. The summed E-state index contributed by atoms with van der Waals surface area (Å²) >= 11 is 0. The molecule has 64 heavy (non-hydrogen) atoms. The van der Waals surface area contributed by atoms with Gasteiger partial charge < -0.3 is 9.13 Å². The molecule has 0 unspecified atom stereocenters. The normalized spacial score (nSPS) is 11.8. The standard InChI is InChI=1S/C56H46N8/c1-31-19-32(2)22-39(21-31)53-57-29-59-55(61-53)49-35(5)25-41(26-36(49)6)63-47-16-12-10-14-45(47)51-48(63)18-17-44-43-13-9-11-15-46(43)64(52(44)51)42-27-37(7)50(38(8)28-42)56-60-30-58-54(62-56)40-23-33(3)20-34(4)24-40/h9-30H,1-8H3. The van der Waals surface area contributed by atoms with Crippen molar-refractivity contribution in [2.24, 2.45) is 0 Å². The van der Waals surface area contributed by atoms with Gasteiger partial charge in [0.1, 0.15) is 12.7 Å². The van der Waals surface area contributed by atoms with Crippen molar-refractivity contribution in [3.05, 3.63) is 178 Å². The van der Waals surface area contributed by atoms with Crippen LogP contribution in [-0.4, -0.2) is 39.0 Å². The van der Waals surface area contributed by atoms with E-state index in [4.69, 9.17) is 19.9 Å². The van der Waals surface area contributed by atoms with Gasteiger partial charge in [-0.1, -0.05) is 76.9 Å². The number of aryl methyl sites for hydroxylation is 8. The van der Waals surface area contributed by atoms with Crippen molar-refractivity contribution in [1.82, 2.24) is 39.0 Å². The van der Waals surface area contributed by atoms with Gasteiger partial charge in [-0.3, -0.25) is 0 Å². The van der Waals surface area contributed by atoms with Crippen molar-refractivity contribution in [3.63, 3.8) is 0 Å².